The van der Waals surface area contributed by atoms with Gasteiger partial charge in [-0.1, -0.05) is 17.3 Å². The summed E-state index contributed by atoms with van der Waals surface area (Å²) < 4.78 is 5.44. The minimum atomic E-state index is 0.224. The SMILES string of the molecule is C=C(C)CN1CCN([C@H](C)c2nc(C3CC3)no2)CC1. The molecule has 1 saturated carbocycles. The third kappa shape index (κ3) is 3.10. The number of aromatic nitrogens is 2. The van der Waals surface area contributed by atoms with Crippen molar-refractivity contribution in [1.29, 1.82) is 0 Å². The van der Waals surface area contributed by atoms with E-state index in [-0.39, 0.29) is 6.04 Å². The largest absolute Gasteiger partial charge is 0.338 e. The quantitative estimate of drug-likeness (QED) is 0.772. The summed E-state index contributed by atoms with van der Waals surface area (Å²) in [7, 11) is 0. The first-order chi connectivity index (χ1) is 9.63. The summed E-state index contributed by atoms with van der Waals surface area (Å²) in [5.74, 6) is 2.25. The molecule has 0 radical (unpaired) electrons. The monoisotopic (exact) mass is 276 g/mol. The van der Waals surface area contributed by atoms with E-state index in [0.717, 1.165) is 44.4 Å². The molecule has 1 aliphatic heterocycles. The Morgan fingerprint density at radius 3 is 2.65 bits per heavy atom. The van der Waals surface area contributed by atoms with Crippen LogP contribution in [0.4, 0.5) is 0 Å². The van der Waals surface area contributed by atoms with Crippen LogP contribution < -0.4 is 0 Å². The van der Waals surface area contributed by atoms with E-state index in [9.17, 15) is 0 Å². The molecule has 0 aromatic carbocycles. The van der Waals surface area contributed by atoms with Gasteiger partial charge in [-0.3, -0.25) is 9.80 Å². The summed E-state index contributed by atoms with van der Waals surface area (Å²) in [4.78, 5) is 9.45. The Bertz CT molecular complexity index is 472. The van der Waals surface area contributed by atoms with Crippen molar-refractivity contribution in [2.45, 2.75) is 38.6 Å². The molecule has 1 saturated heterocycles. The average molecular weight is 276 g/mol. The first-order valence-electron chi connectivity index (χ1n) is 7.58. The van der Waals surface area contributed by atoms with E-state index in [4.69, 9.17) is 4.52 Å². The molecule has 2 heterocycles. The summed E-state index contributed by atoms with van der Waals surface area (Å²) >= 11 is 0. The second-order valence-corrected chi connectivity index (χ2v) is 6.21. The molecule has 0 bridgehead atoms. The standard InChI is InChI=1S/C15H24N4O/c1-11(2)10-18-6-8-19(9-7-18)12(3)15-16-14(17-20-15)13-4-5-13/h12-13H,1,4-10H2,2-3H3/t12-/m1/s1. The summed E-state index contributed by atoms with van der Waals surface area (Å²) in [6.07, 6.45) is 2.43. The van der Waals surface area contributed by atoms with Gasteiger partial charge in [0.05, 0.1) is 6.04 Å². The Kier molecular flexibility index (Phi) is 3.89. The molecule has 1 aliphatic carbocycles. The van der Waals surface area contributed by atoms with E-state index < -0.39 is 0 Å². The molecule has 5 nitrogen and oxygen atoms in total. The Morgan fingerprint density at radius 2 is 2.05 bits per heavy atom. The highest BCUT2D eigenvalue weighted by molar-refractivity contribution is 5.05. The van der Waals surface area contributed by atoms with Gasteiger partial charge in [0.25, 0.3) is 0 Å². The van der Waals surface area contributed by atoms with Crippen LogP contribution in [0.5, 0.6) is 0 Å². The van der Waals surface area contributed by atoms with Crippen LogP contribution in [0, 0.1) is 0 Å². The number of piperazine rings is 1. The molecule has 5 heteroatoms. The van der Waals surface area contributed by atoms with Crippen LogP contribution in [0.25, 0.3) is 0 Å². The third-order valence-electron chi connectivity index (χ3n) is 4.21. The van der Waals surface area contributed by atoms with Gasteiger partial charge in [-0.15, -0.1) is 0 Å². The van der Waals surface area contributed by atoms with Crippen molar-refractivity contribution in [1.82, 2.24) is 19.9 Å². The third-order valence-corrected chi connectivity index (χ3v) is 4.21. The lowest BCUT2D eigenvalue weighted by Gasteiger charge is -2.36. The van der Waals surface area contributed by atoms with Crippen molar-refractivity contribution in [3.05, 3.63) is 23.9 Å². The van der Waals surface area contributed by atoms with Crippen molar-refractivity contribution >= 4 is 0 Å². The highest BCUT2D eigenvalue weighted by Gasteiger charge is 2.31. The molecule has 2 aliphatic rings. The molecule has 0 N–H and O–H groups in total. The average Bonchev–Trinajstić information content (AvgIpc) is 3.16. The van der Waals surface area contributed by atoms with Crippen LogP contribution in [0.1, 0.15) is 50.4 Å². The van der Waals surface area contributed by atoms with E-state index >= 15 is 0 Å². The zero-order chi connectivity index (χ0) is 14.1. The van der Waals surface area contributed by atoms with Gasteiger partial charge in [0, 0.05) is 38.6 Å². The fourth-order valence-corrected chi connectivity index (χ4v) is 2.77. The van der Waals surface area contributed by atoms with Gasteiger partial charge in [-0.2, -0.15) is 4.98 Å². The molecular weight excluding hydrogens is 252 g/mol. The van der Waals surface area contributed by atoms with E-state index in [1.54, 1.807) is 0 Å². The normalized spacial score (nSPS) is 22.9. The summed E-state index contributed by atoms with van der Waals surface area (Å²) in [6.45, 7) is 13.5. The Balaban J connectivity index is 1.55. The molecular formula is C15H24N4O. The maximum atomic E-state index is 5.44. The van der Waals surface area contributed by atoms with Gasteiger partial charge in [-0.25, -0.2) is 0 Å². The van der Waals surface area contributed by atoms with E-state index in [1.165, 1.54) is 18.4 Å². The lowest BCUT2D eigenvalue weighted by molar-refractivity contribution is 0.0934. The minimum absolute atomic E-state index is 0.224. The number of rotatable bonds is 5. The van der Waals surface area contributed by atoms with Gasteiger partial charge in [0.15, 0.2) is 5.82 Å². The highest BCUT2D eigenvalue weighted by Crippen LogP contribution is 2.38. The van der Waals surface area contributed by atoms with Gasteiger partial charge in [-0.05, 0) is 26.7 Å². The van der Waals surface area contributed by atoms with E-state index in [0.29, 0.717) is 5.92 Å². The first-order valence-corrected chi connectivity index (χ1v) is 7.58. The predicted octanol–water partition coefficient (Wildman–Crippen LogP) is 2.20. The van der Waals surface area contributed by atoms with Crippen LogP contribution in [-0.2, 0) is 0 Å². The fourth-order valence-electron chi connectivity index (χ4n) is 2.77. The van der Waals surface area contributed by atoms with Gasteiger partial charge < -0.3 is 4.52 Å². The van der Waals surface area contributed by atoms with E-state index in [2.05, 4.69) is 40.4 Å². The highest BCUT2D eigenvalue weighted by atomic mass is 16.5. The second kappa shape index (κ2) is 5.66. The summed E-state index contributed by atoms with van der Waals surface area (Å²) in [5.41, 5.74) is 1.23. The predicted molar refractivity (Wildman–Crippen MR) is 77.5 cm³/mol. The van der Waals surface area contributed by atoms with Crippen LogP contribution in [-0.4, -0.2) is 52.7 Å². The van der Waals surface area contributed by atoms with Crippen molar-refractivity contribution in [3.8, 4) is 0 Å². The number of hydrogen-bond acceptors (Lipinski definition) is 5. The van der Waals surface area contributed by atoms with Crippen molar-refractivity contribution in [3.63, 3.8) is 0 Å². The summed E-state index contributed by atoms with van der Waals surface area (Å²) in [6, 6.07) is 0.224. The van der Waals surface area contributed by atoms with Gasteiger partial charge in [0.1, 0.15) is 0 Å². The van der Waals surface area contributed by atoms with E-state index in [1.807, 2.05) is 0 Å². The van der Waals surface area contributed by atoms with Gasteiger partial charge >= 0.3 is 0 Å². The molecule has 0 unspecified atom stereocenters. The number of nitrogens with zero attached hydrogens (tertiary/aromatic N) is 4. The molecule has 110 valence electrons. The fraction of sp³-hybridized carbons (Fsp3) is 0.733. The number of hydrogen-bond donors (Lipinski definition) is 0. The van der Waals surface area contributed by atoms with Crippen molar-refractivity contribution in [2.75, 3.05) is 32.7 Å². The van der Waals surface area contributed by atoms with Gasteiger partial charge in [0.2, 0.25) is 5.89 Å². The second-order valence-electron chi connectivity index (χ2n) is 6.21. The Labute approximate surface area is 120 Å². The van der Waals surface area contributed by atoms with Crippen LogP contribution >= 0.6 is 0 Å². The van der Waals surface area contributed by atoms with Crippen LogP contribution in [0.2, 0.25) is 0 Å². The summed E-state index contributed by atoms with van der Waals surface area (Å²) in [5, 5.41) is 4.11. The van der Waals surface area contributed by atoms with Crippen LogP contribution in [0.3, 0.4) is 0 Å². The molecule has 20 heavy (non-hydrogen) atoms. The molecule has 1 aromatic rings. The maximum Gasteiger partial charge on any atom is 0.243 e. The van der Waals surface area contributed by atoms with Crippen LogP contribution in [0.15, 0.2) is 16.7 Å². The van der Waals surface area contributed by atoms with Crippen molar-refractivity contribution < 1.29 is 4.52 Å². The molecule has 0 spiro atoms. The lowest BCUT2D eigenvalue weighted by Crippen LogP contribution is -2.47. The zero-order valence-corrected chi connectivity index (χ0v) is 12.5. The molecule has 2 fully saturated rings. The topological polar surface area (TPSA) is 45.4 Å². The Hall–Kier alpha value is -1.20. The molecule has 0 amide bonds. The minimum Gasteiger partial charge on any atom is -0.338 e. The molecule has 1 atom stereocenters. The Morgan fingerprint density at radius 1 is 1.35 bits per heavy atom. The first kappa shape index (κ1) is 13.8. The lowest BCUT2D eigenvalue weighted by atomic mass is 10.2. The maximum absolute atomic E-state index is 5.44. The smallest absolute Gasteiger partial charge is 0.243 e. The zero-order valence-electron chi connectivity index (χ0n) is 12.5. The molecule has 1 aromatic heterocycles. The van der Waals surface area contributed by atoms with Crippen molar-refractivity contribution in [2.24, 2.45) is 0 Å². The molecule has 3 rings (SSSR count).